The Morgan fingerprint density at radius 3 is 2.17 bits per heavy atom. The van der Waals surface area contributed by atoms with Gasteiger partial charge in [0, 0.05) is 36.8 Å². The third-order valence-corrected chi connectivity index (χ3v) is 9.37. The van der Waals surface area contributed by atoms with Crippen molar-refractivity contribution in [1.29, 1.82) is 0 Å². The molecule has 0 amide bonds. The first-order valence-corrected chi connectivity index (χ1v) is 17.8. The summed E-state index contributed by atoms with van der Waals surface area (Å²) in [5.41, 5.74) is -0.307. The van der Waals surface area contributed by atoms with Gasteiger partial charge in [-0.3, -0.25) is 9.59 Å². The summed E-state index contributed by atoms with van der Waals surface area (Å²) in [7, 11) is 1.32. The maximum absolute atomic E-state index is 13.1. The Morgan fingerprint density at radius 1 is 0.780 bits per heavy atom. The number of phenols is 4. The number of phenolic OH excluding ortho intramolecular Hbond substituents is 4. The zero-order chi connectivity index (χ0) is 42.7. The molecule has 0 bridgehead atoms. The summed E-state index contributed by atoms with van der Waals surface area (Å²) in [6, 6.07) is 11.1. The molecule has 9 N–H and O–H groups in total. The van der Waals surface area contributed by atoms with E-state index in [0.717, 1.165) is 37.3 Å². The Kier molecular flexibility index (Phi) is 12.9. The molecular formula is C39H40O20. The molecule has 0 aliphatic carbocycles. The summed E-state index contributed by atoms with van der Waals surface area (Å²) < 4.78 is 44.9. The van der Waals surface area contributed by atoms with Gasteiger partial charge in [-0.25, -0.2) is 4.79 Å². The molecule has 2 aliphatic rings. The van der Waals surface area contributed by atoms with Gasteiger partial charge in [-0.2, -0.15) is 0 Å². The fourth-order valence-corrected chi connectivity index (χ4v) is 6.33. The van der Waals surface area contributed by atoms with Gasteiger partial charge < -0.3 is 83.5 Å². The molecular weight excluding hydrogens is 788 g/mol. The smallest absolute Gasteiger partial charge is 0.331 e. The van der Waals surface area contributed by atoms with Gasteiger partial charge in [-0.1, -0.05) is 6.07 Å². The summed E-state index contributed by atoms with van der Waals surface area (Å²) in [4.78, 5) is 37.8. The van der Waals surface area contributed by atoms with E-state index in [-0.39, 0.29) is 39.5 Å². The molecule has 6 rings (SSSR count). The Labute approximate surface area is 332 Å². The molecule has 0 radical (unpaired) electrons. The SMILES string of the molecule is COc1cc(-c2cc(=O)c3c(O)cc(O[C@@H]4O[C@H](CO)[C@@H](O)[C@H](O)[C@H]4O[C@@H]4O[C@H](COC(C)=O)[C@@H](O)[C@H](O)[C@H]4OC(=O)C=Cc4ccc(O)c(O)c4)cc3o2)ccc1O. The van der Waals surface area contributed by atoms with Crippen LogP contribution in [0.2, 0.25) is 0 Å². The average molecular weight is 829 g/mol. The van der Waals surface area contributed by atoms with E-state index in [0.29, 0.717) is 5.56 Å². The minimum absolute atomic E-state index is 0.00140. The number of carbonyl (C=O) groups excluding carboxylic acids is 2. The van der Waals surface area contributed by atoms with Gasteiger partial charge >= 0.3 is 11.9 Å². The molecule has 1 aromatic heterocycles. The zero-order valence-electron chi connectivity index (χ0n) is 31.1. The lowest BCUT2D eigenvalue weighted by atomic mass is 9.97. The first kappa shape index (κ1) is 42.6. The van der Waals surface area contributed by atoms with E-state index < -0.39 is 109 Å². The van der Waals surface area contributed by atoms with Crippen LogP contribution in [0.25, 0.3) is 28.4 Å². The van der Waals surface area contributed by atoms with E-state index in [1.807, 2.05) is 0 Å². The van der Waals surface area contributed by atoms with Gasteiger partial charge in [0.25, 0.3) is 0 Å². The number of methoxy groups -OCH3 is 1. The molecule has 2 saturated heterocycles. The lowest BCUT2D eigenvalue weighted by molar-refractivity contribution is -0.358. The number of aliphatic hydroxyl groups is 5. The third kappa shape index (κ3) is 9.35. The molecule has 20 nitrogen and oxygen atoms in total. The second-order valence-corrected chi connectivity index (χ2v) is 13.4. The Balaban J connectivity index is 1.32. The predicted octanol–water partition coefficient (Wildman–Crippen LogP) is 0.129. The molecule has 316 valence electrons. The fourth-order valence-electron chi connectivity index (χ4n) is 6.33. The highest BCUT2D eigenvalue weighted by Gasteiger charge is 2.53. The highest BCUT2D eigenvalue weighted by molar-refractivity contribution is 5.87. The minimum Gasteiger partial charge on any atom is -0.507 e. The zero-order valence-corrected chi connectivity index (χ0v) is 31.1. The fraction of sp³-hybridized carbons (Fsp3) is 0.359. The number of ether oxygens (including phenoxy) is 7. The van der Waals surface area contributed by atoms with Crippen LogP contribution in [0.15, 0.2) is 69.9 Å². The number of hydrogen-bond donors (Lipinski definition) is 9. The molecule has 4 aromatic rings. The molecule has 2 aliphatic heterocycles. The molecule has 0 spiro atoms. The van der Waals surface area contributed by atoms with Crippen molar-refractivity contribution in [2.45, 2.75) is 68.3 Å². The van der Waals surface area contributed by atoms with Crippen molar-refractivity contribution in [2.24, 2.45) is 0 Å². The van der Waals surface area contributed by atoms with E-state index in [2.05, 4.69) is 0 Å². The maximum Gasteiger partial charge on any atom is 0.331 e. The quantitative estimate of drug-likeness (QED) is 0.0521. The van der Waals surface area contributed by atoms with Crippen LogP contribution in [-0.2, 0) is 33.3 Å². The average Bonchev–Trinajstić information content (AvgIpc) is 3.19. The number of aliphatic hydroxyl groups excluding tert-OH is 5. The van der Waals surface area contributed by atoms with Crippen molar-refractivity contribution in [3.63, 3.8) is 0 Å². The van der Waals surface area contributed by atoms with Crippen molar-refractivity contribution in [3.05, 3.63) is 76.5 Å². The highest BCUT2D eigenvalue weighted by atomic mass is 16.8. The normalized spacial score (nSPS) is 27.0. The number of hydrogen-bond acceptors (Lipinski definition) is 20. The van der Waals surface area contributed by atoms with E-state index >= 15 is 0 Å². The maximum atomic E-state index is 13.1. The topological polar surface area (TPSA) is 311 Å². The number of aromatic hydroxyl groups is 4. The molecule has 0 saturated carbocycles. The third-order valence-electron chi connectivity index (χ3n) is 9.37. The lowest BCUT2D eigenvalue weighted by Gasteiger charge is -2.46. The Hall–Kier alpha value is -5.97. The van der Waals surface area contributed by atoms with Gasteiger partial charge in [0.2, 0.25) is 6.29 Å². The number of esters is 2. The van der Waals surface area contributed by atoms with Gasteiger partial charge in [0.05, 0.1) is 13.7 Å². The number of fused-ring (bicyclic) bond motifs is 1. The van der Waals surface area contributed by atoms with Crippen LogP contribution in [0.4, 0.5) is 0 Å². The first-order chi connectivity index (χ1) is 28.1. The Bertz CT molecular complexity index is 2250. The molecule has 2 fully saturated rings. The predicted molar refractivity (Wildman–Crippen MR) is 197 cm³/mol. The van der Waals surface area contributed by atoms with E-state index in [4.69, 9.17) is 37.6 Å². The molecule has 0 unspecified atom stereocenters. The standard InChI is InChI=1S/C39H40O20/c1-16(41)53-15-29-33(49)35(51)36(58-30(47)8-4-17-3-6-20(42)22(44)9-17)39(57-29)59-37-34(50)32(48)28(14-40)56-38(37)54-19-11-23(45)31-24(46)13-25(55-27(31)12-19)18-5-7-21(43)26(10-18)52-2/h3-13,28-29,32-40,42-45,48-51H,14-15H2,1-2H3/t28-,29-,32-,33-,34+,35+,36-,37-,38-,39+/m1/s1. The van der Waals surface area contributed by atoms with E-state index in [9.17, 15) is 60.3 Å². The summed E-state index contributed by atoms with van der Waals surface area (Å²) in [5, 5.41) is 94.2. The summed E-state index contributed by atoms with van der Waals surface area (Å²) in [5.74, 6) is -3.79. The number of carbonyl (C=O) groups is 2. The number of benzene rings is 3. The minimum atomic E-state index is -2.00. The monoisotopic (exact) mass is 828 g/mol. The van der Waals surface area contributed by atoms with Crippen LogP contribution in [0.1, 0.15) is 12.5 Å². The number of rotatable bonds is 12. The van der Waals surface area contributed by atoms with Crippen molar-refractivity contribution in [3.8, 4) is 45.8 Å². The summed E-state index contributed by atoms with van der Waals surface area (Å²) >= 11 is 0. The van der Waals surface area contributed by atoms with E-state index in [1.165, 1.54) is 43.5 Å². The summed E-state index contributed by atoms with van der Waals surface area (Å²) in [6.07, 6.45) is -16.1. The first-order valence-electron chi connectivity index (χ1n) is 17.8. The highest BCUT2D eigenvalue weighted by Crippen LogP contribution is 2.37. The molecule has 3 heterocycles. The van der Waals surface area contributed by atoms with Crippen LogP contribution >= 0.6 is 0 Å². The van der Waals surface area contributed by atoms with Crippen LogP contribution in [0, 0.1) is 0 Å². The van der Waals surface area contributed by atoms with Crippen LogP contribution < -0.4 is 14.9 Å². The Morgan fingerprint density at radius 2 is 1.47 bits per heavy atom. The van der Waals surface area contributed by atoms with Crippen LogP contribution in [0.5, 0.6) is 34.5 Å². The van der Waals surface area contributed by atoms with Gasteiger partial charge in [0.15, 0.2) is 46.9 Å². The lowest BCUT2D eigenvalue weighted by Crippen LogP contribution is -2.65. The second kappa shape index (κ2) is 17.9. The second-order valence-electron chi connectivity index (χ2n) is 13.4. The molecule has 3 aromatic carbocycles. The van der Waals surface area contributed by atoms with Gasteiger partial charge in [0.1, 0.15) is 71.5 Å². The van der Waals surface area contributed by atoms with Crippen molar-refractivity contribution in [1.82, 2.24) is 0 Å². The van der Waals surface area contributed by atoms with Crippen molar-refractivity contribution >= 4 is 29.0 Å². The summed E-state index contributed by atoms with van der Waals surface area (Å²) in [6.45, 7) is -0.400. The van der Waals surface area contributed by atoms with Crippen molar-refractivity contribution < 1.29 is 93.1 Å². The van der Waals surface area contributed by atoms with Crippen LogP contribution in [-0.4, -0.2) is 140 Å². The van der Waals surface area contributed by atoms with Crippen LogP contribution in [0.3, 0.4) is 0 Å². The molecule has 10 atom stereocenters. The van der Waals surface area contributed by atoms with E-state index in [1.54, 1.807) is 0 Å². The molecule has 20 heteroatoms. The van der Waals surface area contributed by atoms with Gasteiger partial charge in [-0.05, 0) is 42.0 Å². The van der Waals surface area contributed by atoms with Crippen molar-refractivity contribution in [2.75, 3.05) is 20.3 Å². The molecule has 59 heavy (non-hydrogen) atoms. The van der Waals surface area contributed by atoms with Gasteiger partial charge in [-0.15, -0.1) is 0 Å². The largest absolute Gasteiger partial charge is 0.507 e.